The van der Waals surface area contributed by atoms with Crippen molar-refractivity contribution in [2.75, 3.05) is 13.1 Å². The Labute approximate surface area is 120 Å². The highest BCUT2D eigenvalue weighted by atomic mass is 15.3. The van der Waals surface area contributed by atoms with Gasteiger partial charge in [-0.25, -0.2) is 0 Å². The first-order valence-corrected chi connectivity index (χ1v) is 8.57. The molecule has 2 rings (SSSR count). The molecule has 0 aromatic heterocycles. The molecule has 0 bridgehead atoms. The smallest absolute Gasteiger partial charge is 0.0309 e. The van der Waals surface area contributed by atoms with E-state index in [9.17, 15) is 0 Å². The maximum absolute atomic E-state index is 3.89. The summed E-state index contributed by atoms with van der Waals surface area (Å²) in [5.41, 5.74) is 0.801. The van der Waals surface area contributed by atoms with Crippen LogP contribution in [0.4, 0.5) is 0 Å². The van der Waals surface area contributed by atoms with E-state index in [2.05, 4.69) is 44.8 Å². The highest BCUT2D eigenvalue weighted by Gasteiger charge is 2.49. The van der Waals surface area contributed by atoms with E-state index >= 15 is 0 Å². The fraction of sp³-hybridized carbons (Fsp3) is 1.00. The molecule has 0 aromatic carbocycles. The fourth-order valence-corrected chi connectivity index (χ4v) is 4.27. The molecular formula is C17H34N2. The zero-order valence-electron chi connectivity index (χ0n) is 13.8. The quantitative estimate of drug-likeness (QED) is 0.786. The second kappa shape index (κ2) is 5.73. The third kappa shape index (κ3) is 2.71. The van der Waals surface area contributed by atoms with Crippen molar-refractivity contribution in [1.82, 2.24) is 10.2 Å². The van der Waals surface area contributed by atoms with Crippen LogP contribution in [-0.2, 0) is 0 Å². The van der Waals surface area contributed by atoms with Gasteiger partial charge in [-0.1, -0.05) is 27.7 Å². The highest BCUT2D eigenvalue weighted by molar-refractivity contribution is 5.07. The van der Waals surface area contributed by atoms with E-state index in [-0.39, 0.29) is 0 Å². The van der Waals surface area contributed by atoms with Crippen LogP contribution in [0.3, 0.4) is 0 Å². The molecule has 2 heteroatoms. The van der Waals surface area contributed by atoms with Crippen molar-refractivity contribution in [3.63, 3.8) is 0 Å². The van der Waals surface area contributed by atoms with Crippen molar-refractivity contribution >= 4 is 0 Å². The lowest BCUT2D eigenvalue weighted by Crippen LogP contribution is -2.69. The van der Waals surface area contributed by atoms with Crippen LogP contribution < -0.4 is 5.32 Å². The average Bonchev–Trinajstić information content (AvgIpc) is 3.27. The van der Waals surface area contributed by atoms with Crippen LogP contribution in [0.2, 0.25) is 0 Å². The van der Waals surface area contributed by atoms with Gasteiger partial charge in [0, 0.05) is 30.2 Å². The predicted octanol–water partition coefficient (Wildman–Crippen LogP) is 3.81. The Morgan fingerprint density at radius 3 is 2.11 bits per heavy atom. The van der Waals surface area contributed by atoms with Gasteiger partial charge in [0.05, 0.1) is 0 Å². The van der Waals surface area contributed by atoms with E-state index in [1.54, 1.807) is 0 Å². The number of rotatable bonds is 6. The predicted molar refractivity (Wildman–Crippen MR) is 83.5 cm³/mol. The Hall–Kier alpha value is -0.0800. The standard InChI is InChI=1S/C17H34N2/c1-6-15-12-18-16(5,14-10-11-14)13-19(15)17(7-2,8-3)9-4/h14-15,18H,6-13H2,1-5H3. The van der Waals surface area contributed by atoms with Crippen molar-refractivity contribution in [3.8, 4) is 0 Å². The van der Waals surface area contributed by atoms with Crippen molar-refractivity contribution in [3.05, 3.63) is 0 Å². The summed E-state index contributed by atoms with van der Waals surface area (Å²) in [5.74, 6) is 0.927. The molecule has 1 aliphatic carbocycles. The Balaban J connectivity index is 2.21. The summed E-state index contributed by atoms with van der Waals surface area (Å²) >= 11 is 0. The van der Waals surface area contributed by atoms with E-state index in [1.807, 2.05) is 0 Å². The van der Waals surface area contributed by atoms with E-state index in [1.165, 1.54) is 51.6 Å². The number of piperazine rings is 1. The lowest BCUT2D eigenvalue weighted by molar-refractivity contribution is -0.0279. The minimum absolute atomic E-state index is 0.371. The summed E-state index contributed by atoms with van der Waals surface area (Å²) in [5, 5.41) is 3.89. The molecule has 1 saturated heterocycles. The molecule has 112 valence electrons. The first-order chi connectivity index (χ1) is 9.05. The van der Waals surface area contributed by atoms with Crippen LogP contribution in [0.1, 0.15) is 73.1 Å². The molecule has 19 heavy (non-hydrogen) atoms. The van der Waals surface area contributed by atoms with Gasteiger partial charge < -0.3 is 5.32 Å². The Kier molecular flexibility index (Phi) is 4.62. The van der Waals surface area contributed by atoms with Gasteiger partial charge in [-0.2, -0.15) is 0 Å². The van der Waals surface area contributed by atoms with Crippen LogP contribution >= 0.6 is 0 Å². The van der Waals surface area contributed by atoms with Crippen LogP contribution in [0.15, 0.2) is 0 Å². The summed E-state index contributed by atoms with van der Waals surface area (Å²) in [6.07, 6.45) is 8.01. The molecule has 0 radical (unpaired) electrons. The number of nitrogens with zero attached hydrogens (tertiary/aromatic N) is 1. The van der Waals surface area contributed by atoms with Gasteiger partial charge in [-0.05, 0) is 51.4 Å². The SMILES string of the molecule is CCC1CNC(C)(C2CC2)CN1C(CC)(CC)CC. The molecule has 1 saturated carbocycles. The van der Waals surface area contributed by atoms with Gasteiger partial charge in [-0.3, -0.25) is 4.90 Å². The van der Waals surface area contributed by atoms with Gasteiger partial charge in [0.2, 0.25) is 0 Å². The van der Waals surface area contributed by atoms with Gasteiger partial charge in [0.15, 0.2) is 0 Å². The van der Waals surface area contributed by atoms with Gasteiger partial charge in [0.25, 0.3) is 0 Å². The summed E-state index contributed by atoms with van der Waals surface area (Å²) in [6.45, 7) is 14.4. The second-order valence-corrected chi connectivity index (χ2v) is 7.05. The Bertz CT molecular complexity index is 285. The van der Waals surface area contributed by atoms with Crippen LogP contribution in [0, 0.1) is 5.92 Å². The number of nitrogens with one attached hydrogen (secondary N) is 1. The first kappa shape index (κ1) is 15.3. The highest BCUT2D eigenvalue weighted by Crippen LogP contribution is 2.44. The van der Waals surface area contributed by atoms with Crippen molar-refractivity contribution in [2.24, 2.45) is 5.92 Å². The lowest BCUT2D eigenvalue weighted by Gasteiger charge is -2.55. The van der Waals surface area contributed by atoms with E-state index in [4.69, 9.17) is 0 Å². The molecule has 0 aromatic rings. The molecule has 0 amide bonds. The van der Waals surface area contributed by atoms with Crippen molar-refractivity contribution in [2.45, 2.75) is 90.3 Å². The maximum Gasteiger partial charge on any atom is 0.0309 e. The van der Waals surface area contributed by atoms with Crippen molar-refractivity contribution in [1.29, 1.82) is 0 Å². The topological polar surface area (TPSA) is 15.3 Å². The van der Waals surface area contributed by atoms with Crippen LogP contribution in [-0.4, -0.2) is 35.1 Å². The molecule has 2 nitrogen and oxygen atoms in total. The molecule has 2 aliphatic rings. The summed E-state index contributed by atoms with van der Waals surface area (Å²) in [4.78, 5) is 2.89. The zero-order chi connectivity index (χ0) is 14.1. The van der Waals surface area contributed by atoms with Gasteiger partial charge >= 0.3 is 0 Å². The largest absolute Gasteiger partial charge is 0.308 e. The summed E-state index contributed by atoms with van der Waals surface area (Å²) < 4.78 is 0. The van der Waals surface area contributed by atoms with Gasteiger partial charge in [0.1, 0.15) is 0 Å². The van der Waals surface area contributed by atoms with E-state index < -0.39 is 0 Å². The minimum Gasteiger partial charge on any atom is -0.308 e. The third-order valence-corrected chi connectivity index (χ3v) is 6.21. The normalized spacial score (nSPS) is 33.6. The molecule has 2 unspecified atom stereocenters. The van der Waals surface area contributed by atoms with Crippen LogP contribution in [0.5, 0.6) is 0 Å². The number of hydrogen-bond acceptors (Lipinski definition) is 2. The third-order valence-electron chi connectivity index (χ3n) is 6.21. The minimum atomic E-state index is 0.371. The second-order valence-electron chi connectivity index (χ2n) is 7.05. The lowest BCUT2D eigenvalue weighted by atomic mass is 9.81. The molecule has 1 aliphatic heterocycles. The van der Waals surface area contributed by atoms with E-state index in [0.29, 0.717) is 11.1 Å². The monoisotopic (exact) mass is 266 g/mol. The van der Waals surface area contributed by atoms with Crippen LogP contribution in [0.25, 0.3) is 0 Å². The average molecular weight is 266 g/mol. The Morgan fingerprint density at radius 1 is 1.11 bits per heavy atom. The van der Waals surface area contributed by atoms with Crippen molar-refractivity contribution < 1.29 is 0 Å². The first-order valence-electron chi connectivity index (χ1n) is 8.57. The molecule has 1 heterocycles. The van der Waals surface area contributed by atoms with E-state index in [0.717, 1.165) is 12.0 Å². The number of hydrogen-bond donors (Lipinski definition) is 1. The maximum atomic E-state index is 3.89. The Morgan fingerprint density at radius 2 is 1.68 bits per heavy atom. The molecule has 0 spiro atoms. The zero-order valence-corrected chi connectivity index (χ0v) is 13.8. The molecule has 2 atom stereocenters. The van der Waals surface area contributed by atoms with Gasteiger partial charge in [-0.15, -0.1) is 0 Å². The fourth-order valence-electron chi connectivity index (χ4n) is 4.27. The molecule has 1 N–H and O–H groups in total. The molecular weight excluding hydrogens is 232 g/mol. The summed E-state index contributed by atoms with van der Waals surface area (Å²) in [6, 6.07) is 0.728. The summed E-state index contributed by atoms with van der Waals surface area (Å²) in [7, 11) is 0. The molecule has 2 fully saturated rings.